The topological polar surface area (TPSA) is 29.5 Å². The predicted molar refractivity (Wildman–Crippen MR) is 77.0 cm³/mol. The number of halogens is 1. The van der Waals surface area contributed by atoms with Gasteiger partial charge >= 0.3 is 0 Å². The molecule has 1 unspecified atom stereocenters. The summed E-state index contributed by atoms with van der Waals surface area (Å²) in [5, 5.41) is 0.680. The van der Waals surface area contributed by atoms with E-state index in [4.69, 9.17) is 16.3 Å². The fourth-order valence-corrected chi connectivity index (χ4v) is 2.44. The third-order valence-electron chi connectivity index (χ3n) is 2.78. The molecule has 1 atom stereocenters. The van der Waals surface area contributed by atoms with Crippen LogP contribution in [0.15, 0.2) is 18.2 Å². The molecule has 18 heavy (non-hydrogen) atoms. The Bertz CT molecular complexity index is 453. The first-order valence-electron chi connectivity index (χ1n) is 6.02. The van der Waals surface area contributed by atoms with Crippen molar-refractivity contribution in [2.45, 2.75) is 25.0 Å². The molecule has 1 heterocycles. The number of anilines is 1. The Labute approximate surface area is 117 Å². The van der Waals surface area contributed by atoms with Crippen molar-refractivity contribution in [3.05, 3.63) is 23.2 Å². The SMILES string of the molecule is CCCOc1ccc(Cl)cc1N1CC(S)CC1=O. The molecule has 1 fully saturated rings. The van der Waals surface area contributed by atoms with E-state index in [0.717, 1.165) is 12.1 Å². The number of benzene rings is 1. The third kappa shape index (κ3) is 2.93. The molecule has 5 heteroatoms. The summed E-state index contributed by atoms with van der Waals surface area (Å²) in [4.78, 5) is 13.6. The second-order valence-corrected chi connectivity index (χ2v) is 5.49. The number of thiol groups is 1. The minimum Gasteiger partial charge on any atom is -0.491 e. The van der Waals surface area contributed by atoms with Crippen molar-refractivity contribution in [3.8, 4) is 5.75 Å². The lowest BCUT2D eigenvalue weighted by Gasteiger charge is -2.20. The van der Waals surface area contributed by atoms with Gasteiger partial charge in [-0.3, -0.25) is 4.79 Å². The van der Waals surface area contributed by atoms with Crippen molar-refractivity contribution < 1.29 is 9.53 Å². The summed E-state index contributed by atoms with van der Waals surface area (Å²) in [7, 11) is 0. The number of carbonyl (C=O) groups is 1. The lowest BCUT2D eigenvalue weighted by molar-refractivity contribution is -0.117. The highest BCUT2D eigenvalue weighted by molar-refractivity contribution is 7.81. The Kier molecular flexibility index (Phi) is 4.40. The average molecular weight is 286 g/mol. The van der Waals surface area contributed by atoms with E-state index >= 15 is 0 Å². The van der Waals surface area contributed by atoms with Crippen LogP contribution in [0.5, 0.6) is 5.75 Å². The molecule has 0 saturated carbocycles. The molecule has 1 aliphatic rings. The highest BCUT2D eigenvalue weighted by Gasteiger charge is 2.30. The molecule has 1 amide bonds. The van der Waals surface area contributed by atoms with E-state index in [1.807, 2.05) is 13.0 Å². The van der Waals surface area contributed by atoms with Crippen LogP contribution >= 0.6 is 24.2 Å². The number of rotatable bonds is 4. The largest absolute Gasteiger partial charge is 0.491 e. The van der Waals surface area contributed by atoms with Crippen molar-refractivity contribution >= 4 is 35.8 Å². The fourth-order valence-electron chi connectivity index (χ4n) is 1.96. The van der Waals surface area contributed by atoms with Crippen LogP contribution in [0.1, 0.15) is 19.8 Å². The van der Waals surface area contributed by atoms with E-state index < -0.39 is 0 Å². The zero-order valence-electron chi connectivity index (χ0n) is 10.2. The van der Waals surface area contributed by atoms with E-state index in [0.29, 0.717) is 30.3 Å². The Hall–Kier alpha value is -0.870. The quantitative estimate of drug-likeness (QED) is 0.861. The number of amides is 1. The Morgan fingerprint density at radius 3 is 2.94 bits per heavy atom. The zero-order chi connectivity index (χ0) is 13.1. The first-order valence-corrected chi connectivity index (χ1v) is 6.92. The van der Waals surface area contributed by atoms with Crippen molar-refractivity contribution in [3.63, 3.8) is 0 Å². The van der Waals surface area contributed by atoms with Crippen LogP contribution in [-0.2, 0) is 4.79 Å². The van der Waals surface area contributed by atoms with Gasteiger partial charge < -0.3 is 9.64 Å². The standard InChI is InChI=1S/C13H16ClNO2S/c1-2-5-17-12-4-3-9(14)6-11(12)15-8-10(18)7-13(15)16/h3-4,6,10,18H,2,5,7-8H2,1H3. The predicted octanol–water partition coefficient (Wildman–Crippen LogP) is 3.16. The van der Waals surface area contributed by atoms with Crippen LogP contribution in [0.25, 0.3) is 0 Å². The Balaban J connectivity index is 2.29. The minimum atomic E-state index is 0.0682. The second-order valence-electron chi connectivity index (χ2n) is 4.32. The van der Waals surface area contributed by atoms with Crippen LogP contribution in [-0.4, -0.2) is 24.3 Å². The van der Waals surface area contributed by atoms with Crippen LogP contribution < -0.4 is 9.64 Å². The molecule has 0 radical (unpaired) electrons. The van der Waals surface area contributed by atoms with Crippen molar-refractivity contribution in [1.82, 2.24) is 0 Å². The first kappa shape index (κ1) is 13.6. The smallest absolute Gasteiger partial charge is 0.228 e. The molecule has 0 bridgehead atoms. The van der Waals surface area contributed by atoms with Crippen molar-refractivity contribution in [1.29, 1.82) is 0 Å². The monoisotopic (exact) mass is 285 g/mol. The number of hydrogen-bond acceptors (Lipinski definition) is 3. The van der Waals surface area contributed by atoms with Gasteiger partial charge in [-0.2, -0.15) is 12.6 Å². The molecule has 1 aromatic carbocycles. The maximum atomic E-state index is 11.9. The summed E-state index contributed by atoms with van der Waals surface area (Å²) in [6.45, 7) is 3.27. The number of nitrogens with zero attached hydrogens (tertiary/aromatic N) is 1. The molecular formula is C13H16ClNO2S. The van der Waals surface area contributed by atoms with Gasteiger partial charge in [-0.25, -0.2) is 0 Å². The molecule has 98 valence electrons. The van der Waals surface area contributed by atoms with E-state index in [9.17, 15) is 4.79 Å². The zero-order valence-corrected chi connectivity index (χ0v) is 11.9. The van der Waals surface area contributed by atoms with E-state index in [2.05, 4.69) is 12.6 Å². The van der Waals surface area contributed by atoms with Gasteiger partial charge in [0.05, 0.1) is 12.3 Å². The minimum absolute atomic E-state index is 0.0682. The number of hydrogen-bond donors (Lipinski definition) is 1. The van der Waals surface area contributed by atoms with Crippen LogP contribution in [0.2, 0.25) is 5.02 Å². The first-order chi connectivity index (χ1) is 8.61. The van der Waals surface area contributed by atoms with Crippen LogP contribution in [0, 0.1) is 0 Å². The van der Waals surface area contributed by atoms with E-state index in [-0.39, 0.29) is 11.2 Å². The van der Waals surface area contributed by atoms with Crippen LogP contribution in [0.4, 0.5) is 5.69 Å². The van der Waals surface area contributed by atoms with Gasteiger partial charge in [0, 0.05) is 23.2 Å². The molecule has 3 nitrogen and oxygen atoms in total. The summed E-state index contributed by atoms with van der Waals surface area (Å²) < 4.78 is 5.66. The lowest BCUT2D eigenvalue weighted by Crippen LogP contribution is -2.25. The molecule has 2 rings (SSSR count). The number of carbonyl (C=O) groups excluding carboxylic acids is 1. The summed E-state index contributed by atoms with van der Waals surface area (Å²) in [5.74, 6) is 0.774. The van der Waals surface area contributed by atoms with Crippen molar-refractivity contribution in [2.24, 2.45) is 0 Å². The fraction of sp³-hybridized carbons (Fsp3) is 0.462. The summed E-state index contributed by atoms with van der Waals surface area (Å²) >= 11 is 10.4. The van der Waals surface area contributed by atoms with Gasteiger partial charge in [-0.05, 0) is 24.6 Å². The second kappa shape index (κ2) is 5.85. The van der Waals surface area contributed by atoms with E-state index in [1.54, 1.807) is 17.0 Å². The average Bonchev–Trinajstić information content (AvgIpc) is 2.67. The normalized spacial score (nSPS) is 19.4. The highest BCUT2D eigenvalue weighted by atomic mass is 35.5. The van der Waals surface area contributed by atoms with Gasteiger partial charge in [0.25, 0.3) is 0 Å². The summed E-state index contributed by atoms with van der Waals surface area (Å²) in [6, 6.07) is 5.36. The lowest BCUT2D eigenvalue weighted by atomic mass is 10.2. The van der Waals surface area contributed by atoms with Gasteiger partial charge in [-0.1, -0.05) is 18.5 Å². The highest BCUT2D eigenvalue weighted by Crippen LogP contribution is 2.35. The molecule has 0 aromatic heterocycles. The molecular weight excluding hydrogens is 270 g/mol. The molecule has 0 N–H and O–H groups in total. The van der Waals surface area contributed by atoms with Crippen molar-refractivity contribution in [2.75, 3.05) is 18.1 Å². The summed E-state index contributed by atoms with van der Waals surface area (Å²) in [6.07, 6.45) is 1.38. The van der Waals surface area contributed by atoms with Gasteiger partial charge in [-0.15, -0.1) is 0 Å². The number of ether oxygens (including phenoxy) is 1. The van der Waals surface area contributed by atoms with Gasteiger partial charge in [0.15, 0.2) is 0 Å². The molecule has 1 aromatic rings. The van der Waals surface area contributed by atoms with Gasteiger partial charge in [0.1, 0.15) is 5.75 Å². The maximum absolute atomic E-state index is 11.9. The molecule has 0 aliphatic carbocycles. The molecule has 0 spiro atoms. The van der Waals surface area contributed by atoms with E-state index in [1.165, 1.54) is 0 Å². The summed E-state index contributed by atoms with van der Waals surface area (Å²) in [5.41, 5.74) is 0.748. The Morgan fingerprint density at radius 2 is 2.33 bits per heavy atom. The van der Waals surface area contributed by atoms with Gasteiger partial charge in [0.2, 0.25) is 5.91 Å². The van der Waals surface area contributed by atoms with Crippen LogP contribution in [0.3, 0.4) is 0 Å². The molecule has 1 saturated heterocycles. The third-order valence-corrected chi connectivity index (χ3v) is 3.36. The maximum Gasteiger partial charge on any atom is 0.228 e. The Morgan fingerprint density at radius 1 is 1.56 bits per heavy atom. The molecule has 1 aliphatic heterocycles.